The molecule has 0 saturated heterocycles. The first-order valence-corrected chi connectivity index (χ1v) is 12.9. The maximum absolute atomic E-state index is 12.0. The summed E-state index contributed by atoms with van der Waals surface area (Å²) in [7, 11) is -1.75. The fourth-order valence-electron chi connectivity index (χ4n) is 2.19. The minimum atomic E-state index is -2.50. The third-order valence-corrected chi connectivity index (χ3v) is 8.08. The summed E-state index contributed by atoms with van der Waals surface area (Å²) in [6.07, 6.45) is 10.4. The summed E-state index contributed by atoms with van der Waals surface area (Å²) in [6.45, 7) is 7.70. The summed E-state index contributed by atoms with van der Waals surface area (Å²) in [5.41, 5.74) is 3.90. The van der Waals surface area contributed by atoms with Gasteiger partial charge in [0.05, 0.1) is 15.0 Å². The molecule has 1 N–H and O–H groups in total. The van der Waals surface area contributed by atoms with Crippen molar-refractivity contribution in [2.45, 2.75) is 60.5 Å². The zero-order valence-corrected chi connectivity index (χ0v) is 20.6. The molecule has 2 aromatic rings. The Labute approximate surface area is 210 Å². The third-order valence-electron chi connectivity index (χ3n) is 4.38. The van der Waals surface area contributed by atoms with Gasteiger partial charge in [0.2, 0.25) is 12.4 Å². The van der Waals surface area contributed by atoms with Gasteiger partial charge in [-0.05, 0) is 57.2 Å². The monoisotopic (exact) mass is 510 g/mol. The predicted molar refractivity (Wildman–Crippen MR) is 147 cm³/mol. The molecule has 2 aromatic heterocycles. The van der Waals surface area contributed by atoms with E-state index >= 15 is 0 Å². The van der Waals surface area contributed by atoms with Gasteiger partial charge in [-0.15, -0.1) is 4.36 Å². The Morgan fingerprint density at radius 2 is 1.38 bits per heavy atom. The van der Waals surface area contributed by atoms with Gasteiger partial charge >= 0.3 is 0 Å². The van der Waals surface area contributed by atoms with Gasteiger partial charge in [0.1, 0.15) is 0 Å². The Balaban J connectivity index is -0.000000228. The van der Waals surface area contributed by atoms with Crippen LogP contribution in [-0.4, -0.2) is 38.9 Å². The fourth-order valence-corrected chi connectivity index (χ4v) is 3.98. The van der Waals surface area contributed by atoms with Gasteiger partial charge in [-0.1, -0.05) is 45.1 Å². The van der Waals surface area contributed by atoms with Crippen molar-refractivity contribution in [2.75, 3.05) is 19.6 Å². The smallest absolute Gasteiger partial charge is 0.214 e. The van der Waals surface area contributed by atoms with Gasteiger partial charge in [0.25, 0.3) is 0 Å². The minimum absolute atomic E-state index is 0. The van der Waals surface area contributed by atoms with Gasteiger partial charge in [-0.3, -0.25) is 9.97 Å². The topological polar surface area (TPSA) is 135 Å². The summed E-state index contributed by atoms with van der Waals surface area (Å²) in [6, 6.07) is 7.75. The van der Waals surface area contributed by atoms with Crippen molar-refractivity contribution in [3.8, 4) is 12.4 Å². The SMILES string of the molecule is C.C.C.CO.Cc1ccc(C(C)S(C)(=O)=NC#N)cn1.Cc1ccc(C(C)S(C)=NC#N)cn1. The van der Waals surface area contributed by atoms with E-state index in [-0.39, 0.29) is 43.5 Å². The third kappa shape index (κ3) is 13.1. The summed E-state index contributed by atoms with van der Waals surface area (Å²) < 4.78 is 19.2. The van der Waals surface area contributed by atoms with Crippen LogP contribution in [0.15, 0.2) is 45.4 Å². The number of hydrogen-bond acceptors (Lipinski definition) is 8. The Morgan fingerprint density at radius 3 is 1.74 bits per heavy atom. The molecule has 0 bridgehead atoms. The van der Waals surface area contributed by atoms with Gasteiger partial charge in [-0.25, -0.2) is 4.21 Å². The average Bonchev–Trinajstić information content (AvgIpc) is 2.76. The fraction of sp³-hybridized carbons (Fsp3) is 0.500. The lowest BCUT2D eigenvalue weighted by Crippen LogP contribution is -2.07. The molecule has 8 nitrogen and oxygen atoms in total. The van der Waals surface area contributed by atoms with Gasteiger partial charge in [-0.2, -0.15) is 14.9 Å². The zero-order chi connectivity index (χ0) is 24.0. The highest BCUT2D eigenvalue weighted by Gasteiger charge is 2.16. The van der Waals surface area contributed by atoms with Crippen LogP contribution in [0.2, 0.25) is 0 Å². The molecule has 10 heteroatoms. The van der Waals surface area contributed by atoms with Crippen LogP contribution in [0.3, 0.4) is 0 Å². The van der Waals surface area contributed by atoms with Crippen molar-refractivity contribution in [3.63, 3.8) is 0 Å². The number of aromatic nitrogens is 2. The molecule has 0 radical (unpaired) electrons. The summed E-state index contributed by atoms with van der Waals surface area (Å²) in [5, 5.41) is 23.9. The summed E-state index contributed by atoms with van der Waals surface area (Å²) >= 11 is 0. The molecule has 0 saturated carbocycles. The average molecular weight is 511 g/mol. The Hall–Kier alpha value is -2.66. The second-order valence-electron chi connectivity index (χ2n) is 6.52. The van der Waals surface area contributed by atoms with Gasteiger partial charge in [0, 0.05) is 42.4 Å². The molecule has 192 valence electrons. The largest absolute Gasteiger partial charge is 0.400 e. The van der Waals surface area contributed by atoms with Crippen LogP contribution >= 0.6 is 0 Å². The summed E-state index contributed by atoms with van der Waals surface area (Å²) in [5.74, 6) is 0. The second kappa shape index (κ2) is 19.8. The van der Waals surface area contributed by atoms with Gasteiger partial charge in [0.15, 0.2) is 0 Å². The highest BCUT2D eigenvalue weighted by molar-refractivity contribution is 7.93. The normalized spacial score (nSPS) is 13.4. The first kappa shape index (κ1) is 38.6. The van der Waals surface area contributed by atoms with E-state index in [1.54, 1.807) is 19.3 Å². The molecule has 4 atom stereocenters. The van der Waals surface area contributed by atoms with Crippen molar-refractivity contribution < 1.29 is 9.32 Å². The van der Waals surface area contributed by atoms with Crippen LogP contribution in [0.25, 0.3) is 0 Å². The quantitative estimate of drug-likeness (QED) is 0.508. The van der Waals surface area contributed by atoms with E-state index in [1.807, 2.05) is 56.8 Å². The van der Waals surface area contributed by atoms with Crippen molar-refractivity contribution >= 4 is 20.4 Å². The van der Waals surface area contributed by atoms with E-state index in [0.717, 1.165) is 29.6 Å². The maximum atomic E-state index is 12.0. The van der Waals surface area contributed by atoms with Crippen molar-refractivity contribution in [2.24, 2.45) is 8.73 Å². The van der Waals surface area contributed by atoms with Crippen LogP contribution in [-0.2, 0) is 20.4 Å². The number of pyridine rings is 2. The Kier molecular flexibility index (Phi) is 22.5. The van der Waals surface area contributed by atoms with Crippen molar-refractivity contribution in [1.29, 1.82) is 10.5 Å². The molecular formula is C24H42N6O2S2. The van der Waals surface area contributed by atoms with Crippen LogP contribution in [0.1, 0.15) is 69.1 Å². The second-order valence-corrected chi connectivity index (χ2v) is 11.1. The lowest BCUT2D eigenvalue weighted by Gasteiger charge is -2.12. The number of nitriles is 2. The molecule has 2 heterocycles. The van der Waals surface area contributed by atoms with Crippen LogP contribution < -0.4 is 0 Å². The molecule has 0 aliphatic rings. The van der Waals surface area contributed by atoms with Crippen LogP contribution in [0, 0.1) is 36.8 Å². The van der Waals surface area contributed by atoms with Crippen molar-refractivity contribution in [1.82, 2.24) is 9.97 Å². The van der Waals surface area contributed by atoms with E-state index in [0.29, 0.717) is 0 Å². The van der Waals surface area contributed by atoms with Crippen LogP contribution in [0.5, 0.6) is 0 Å². The van der Waals surface area contributed by atoms with E-state index in [2.05, 4.69) is 25.6 Å². The Bertz CT molecular complexity index is 1050. The van der Waals surface area contributed by atoms with E-state index < -0.39 is 9.73 Å². The first-order chi connectivity index (χ1) is 14.6. The van der Waals surface area contributed by atoms with E-state index in [4.69, 9.17) is 15.6 Å². The highest BCUT2D eigenvalue weighted by Crippen LogP contribution is 2.22. The number of hydrogen-bond donors (Lipinski definition) is 1. The highest BCUT2D eigenvalue weighted by atomic mass is 32.2. The molecule has 0 fully saturated rings. The molecule has 34 heavy (non-hydrogen) atoms. The number of rotatable bonds is 4. The lowest BCUT2D eigenvalue weighted by molar-refractivity contribution is 0.399. The van der Waals surface area contributed by atoms with Gasteiger partial charge < -0.3 is 5.11 Å². The molecule has 0 aliphatic carbocycles. The molecule has 4 unspecified atom stereocenters. The number of nitrogens with zero attached hydrogens (tertiary/aromatic N) is 6. The number of aryl methyl sites for hydroxylation is 2. The summed E-state index contributed by atoms with van der Waals surface area (Å²) in [4.78, 5) is 8.35. The molecule has 0 aromatic carbocycles. The molecule has 0 aliphatic heterocycles. The van der Waals surface area contributed by atoms with E-state index in [1.165, 1.54) is 6.26 Å². The standard InChI is InChI=1S/C10H13N3OS.C10H13N3S.CH4O.3CH4/c1-8-4-5-10(6-12-8)9(2)15(3,14)13-7-11;1-8-4-5-10(6-12-8)9(2)14(3)13-7-11;1-2;;;/h4-6,9H,1-3H3;4-6,9H,1-3H3;2H,1H3;3*1H4. The number of aliphatic hydroxyl groups excluding tert-OH is 1. The minimum Gasteiger partial charge on any atom is -0.400 e. The Morgan fingerprint density at radius 1 is 0.941 bits per heavy atom. The van der Waals surface area contributed by atoms with Crippen LogP contribution in [0.4, 0.5) is 0 Å². The first-order valence-electron chi connectivity index (χ1n) is 9.26. The maximum Gasteiger partial charge on any atom is 0.214 e. The predicted octanol–water partition coefficient (Wildman–Crippen LogP) is 5.91. The number of aliphatic hydroxyl groups is 1. The lowest BCUT2D eigenvalue weighted by atomic mass is 10.2. The van der Waals surface area contributed by atoms with Crippen molar-refractivity contribution in [3.05, 3.63) is 59.2 Å². The molecule has 0 amide bonds. The zero-order valence-electron chi connectivity index (χ0n) is 19.0. The van der Waals surface area contributed by atoms with E-state index in [9.17, 15) is 4.21 Å². The molecule has 0 spiro atoms. The molecule has 2 rings (SSSR count). The molecular weight excluding hydrogens is 468 g/mol.